The number of ether oxygens (including phenoxy) is 3. The Bertz CT molecular complexity index is 1190. The van der Waals surface area contributed by atoms with Gasteiger partial charge in [-0.05, 0) is 38.2 Å². The minimum Gasteiger partial charge on any atom is -0.439 e. The molecule has 0 aromatic heterocycles. The Morgan fingerprint density at radius 2 is 1.88 bits per heavy atom. The first-order valence-corrected chi connectivity index (χ1v) is 14.3. The summed E-state index contributed by atoms with van der Waals surface area (Å²) in [7, 11) is 2.91. The lowest BCUT2D eigenvalue weighted by atomic mass is 9.85. The van der Waals surface area contributed by atoms with E-state index in [1.54, 1.807) is 39.0 Å². The molecule has 2 amide bonds. The van der Waals surface area contributed by atoms with Crippen LogP contribution in [0, 0.1) is 11.8 Å². The monoisotopic (exact) mass is 607 g/mol. The molecule has 0 saturated carbocycles. The van der Waals surface area contributed by atoms with Crippen molar-refractivity contribution in [2.24, 2.45) is 17.6 Å². The zero-order valence-electron chi connectivity index (χ0n) is 24.9. The van der Waals surface area contributed by atoms with E-state index in [0.29, 0.717) is 12.0 Å². The Morgan fingerprint density at radius 3 is 2.48 bits per heavy atom. The topological polar surface area (TPSA) is 166 Å². The van der Waals surface area contributed by atoms with Gasteiger partial charge in [-0.25, -0.2) is 4.79 Å². The molecule has 2 aliphatic rings. The number of aliphatic hydroxyl groups excluding tert-OH is 1. The van der Waals surface area contributed by atoms with Gasteiger partial charge < -0.3 is 35.7 Å². The molecule has 1 aliphatic carbocycles. The summed E-state index contributed by atoms with van der Waals surface area (Å²) >= 11 is 5.82. The van der Waals surface area contributed by atoms with Gasteiger partial charge in [-0.1, -0.05) is 38.2 Å². The van der Waals surface area contributed by atoms with Crippen LogP contribution in [0.25, 0.3) is 0 Å². The van der Waals surface area contributed by atoms with Crippen LogP contribution in [0.3, 0.4) is 0 Å². The summed E-state index contributed by atoms with van der Waals surface area (Å²) in [6, 6.07) is 0. The number of fused-ring (bicyclic) bond motifs is 2. The van der Waals surface area contributed by atoms with E-state index in [-0.39, 0.29) is 47.3 Å². The average Bonchev–Trinajstić information content (AvgIpc) is 2.94. The number of carbonyl (C=O) groups is 4. The number of halogens is 1. The minimum absolute atomic E-state index is 0.138. The van der Waals surface area contributed by atoms with Crippen LogP contribution in [0.15, 0.2) is 58.5 Å². The molecule has 12 heteroatoms. The number of Topliss-reactive ketones (excluding diaryl/α,β-unsaturated/α-hetero) is 1. The van der Waals surface area contributed by atoms with E-state index in [0.717, 1.165) is 6.08 Å². The van der Waals surface area contributed by atoms with Crippen molar-refractivity contribution in [3.05, 3.63) is 58.5 Å². The molecule has 0 radical (unpaired) electrons. The number of hydrogen-bond acceptors (Lipinski definition) is 9. The highest BCUT2D eigenvalue weighted by Crippen LogP contribution is 2.28. The van der Waals surface area contributed by atoms with Gasteiger partial charge in [-0.15, -0.1) is 11.6 Å². The van der Waals surface area contributed by atoms with Gasteiger partial charge in [-0.3, -0.25) is 14.4 Å². The number of aliphatic hydroxyl groups is 1. The fourth-order valence-electron chi connectivity index (χ4n) is 4.95. The second-order valence-electron chi connectivity index (χ2n) is 10.5. The molecule has 0 aromatic carbocycles. The number of hydrogen-bond donors (Lipinski definition) is 4. The van der Waals surface area contributed by atoms with Crippen LogP contribution in [-0.2, 0) is 28.6 Å². The first-order valence-electron chi connectivity index (χ1n) is 13.7. The molecular weight excluding hydrogens is 566 g/mol. The third-order valence-corrected chi connectivity index (χ3v) is 7.38. The summed E-state index contributed by atoms with van der Waals surface area (Å²) in [6.45, 7) is 7.22. The molecule has 1 heterocycles. The maximum atomic E-state index is 13.5. The van der Waals surface area contributed by atoms with E-state index in [2.05, 4.69) is 10.6 Å². The second-order valence-corrected chi connectivity index (χ2v) is 10.9. The van der Waals surface area contributed by atoms with Crippen molar-refractivity contribution < 1.29 is 38.5 Å². The number of carbonyl (C=O) groups excluding carboxylic acids is 4. The Balaban J connectivity index is 2.61. The van der Waals surface area contributed by atoms with Gasteiger partial charge in [0.05, 0.1) is 23.6 Å². The maximum Gasteiger partial charge on any atom is 0.405 e. The predicted molar refractivity (Wildman–Crippen MR) is 158 cm³/mol. The van der Waals surface area contributed by atoms with Crippen molar-refractivity contribution in [2.75, 3.05) is 26.6 Å². The third kappa shape index (κ3) is 9.38. The van der Waals surface area contributed by atoms with Crippen LogP contribution in [-0.4, -0.2) is 79.7 Å². The van der Waals surface area contributed by atoms with Crippen molar-refractivity contribution >= 4 is 35.2 Å². The van der Waals surface area contributed by atoms with Gasteiger partial charge in [0.2, 0.25) is 11.6 Å². The smallest absolute Gasteiger partial charge is 0.405 e. The molecular formula is C30H42ClN3O8. The summed E-state index contributed by atoms with van der Waals surface area (Å²) in [5.74, 6) is -1.96. The van der Waals surface area contributed by atoms with E-state index in [1.807, 2.05) is 6.92 Å². The number of ketones is 2. The Kier molecular flexibility index (Phi) is 13.6. The van der Waals surface area contributed by atoms with Gasteiger partial charge in [-0.2, -0.15) is 0 Å². The van der Waals surface area contributed by atoms with Gasteiger partial charge >= 0.3 is 6.09 Å². The van der Waals surface area contributed by atoms with Crippen molar-refractivity contribution in [2.45, 2.75) is 65.0 Å². The summed E-state index contributed by atoms with van der Waals surface area (Å²) in [4.78, 5) is 51.3. The molecule has 0 spiro atoms. The molecule has 232 valence electrons. The molecule has 0 aromatic rings. The number of amides is 2. The van der Waals surface area contributed by atoms with Gasteiger partial charge in [0.25, 0.3) is 5.91 Å². The standard InChI is InChI=1S/C30H42ClN3O8/c1-16-12-20-25(33-11-10-31)22(35)15-21(27(20)37)34-29(38)17(2)8-7-9-23(40-5)28(42-30(32)39)19(4)14-18(3)26(36)24(13-16)41-6/h7-9,14-16,18,23-24,26,28,33,36H,10-13H2,1-6H3,(H2,32,39)(H,34,38)/b9-7+,17-8-,19-14+/t16-,18+,23+,24-,26+,28-/m0/s1. The van der Waals surface area contributed by atoms with Gasteiger partial charge in [0.1, 0.15) is 6.10 Å². The van der Waals surface area contributed by atoms with Crippen LogP contribution in [0.1, 0.15) is 40.5 Å². The average molecular weight is 608 g/mol. The molecule has 0 unspecified atom stereocenters. The van der Waals surface area contributed by atoms with Crippen molar-refractivity contribution in [3.8, 4) is 0 Å². The predicted octanol–water partition coefficient (Wildman–Crippen LogP) is 2.59. The fraction of sp³-hybridized carbons (Fsp3) is 0.533. The largest absolute Gasteiger partial charge is 0.439 e. The summed E-state index contributed by atoms with van der Waals surface area (Å²) in [6.07, 6.45) is 3.71. The molecule has 0 saturated heterocycles. The van der Waals surface area contributed by atoms with Gasteiger partial charge in [0, 0.05) is 49.8 Å². The quantitative estimate of drug-likeness (QED) is 0.202. The first-order chi connectivity index (χ1) is 19.8. The number of methoxy groups -OCH3 is 2. The number of nitrogens with two attached hydrogens (primary N) is 1. The minimum atomic E-state index is -1.00. The van der Waals surface area contributed by atoms with Crippen molar-refractivity contribution in [1.82, 2.24) is 10.6 Å². The highest BCUT2D eigenvalue weighted by Gasteiger charge is 2.33. The van der Waals surface area contributed by atoms with Crippen LogP contribution in [0.2, 0.25) is 0 Å². The van der Waals surface area contributed by atoms with E-state index < -0.39 is 53.9 Å². The lowest BCUT2D eigenvalue weighted by Gasteiger charge is -2.30. The number of rotatable bonds is 6. The van der Waals surface area contributed by atoms with E-state index >= 15 is 0 Å². The highest BCUT2D eigenvalue weighted by atomic mass is 35.5. The van der Waals surface area contributed by atoms with E-state index in [4.69, 9.17) is 31.5 Å². The number of allylic oxidation sites excluding steroid dienone is 4. The molecule has 42 heavy (non-hydrogen) atoms. The molecule has 2 bridgehead atoms. The molecule has 0 fully saturated rings. The lowest BCUT2D eigenvalue weighted by molar-refractivity contribution is -0.120. The van der Waals surface area contributed by atoms with Crippen molar-refractivity contribution in [3.63, 3.8) is 0 Å². The Morgan fingerprint density at radius 1 is 1.19 bits per heavy atom. The summed E-state index contributed by atoms with van der Waals surface area (Å²) in [5.41, 5.74) is 6.38. The Hall–Kier alpha value is -3.25. The SMILES string of the molecule is CO[C@H]1C[C@@H](C)CC2=C(NCCCl)C(=O)C=C(NC(=O)/C(C)=C\C=C\[C@@H](OC)[C@@H](OC(N)=O)/C(C)=C/[C@@H](C)[C@H]1O)C2=O. The molecule has 5 N–H and O–H groups in total. The number of primary amides is 1. The maximum absolute atomic E-state index is 13.5. The Labute approximate surface area is 251 Å². The van der Waals surface area contributed by atoms with E-state index in [1.165, 1.54) is 20.3 Å². The fourth-order valence-corrected chi connectivity index (χ4v) is 5.05. The highest BCUT2D eigenvalue weighted by molar-refractivity contribution is 6.23. The van der Waals surface area contributed by atoms with E-state index in [9.17, 15) is 24.3 Å². The molecule has 2 rings (SSSR count). The number of alkyl halides is 1. The second kappa shape index (κ2) is 16.4. The zero-order valence-corrected chi connectivity index (χ0v) is 25.7. The number of nitrogens with one attached hydrogen (secondary N) is 2. The van der Waals surface area contributed by atoms with Crippen LogP contribution in [0.4, 0.5) is 4.79 Å². The first kappa shape index (κ1) is 34.9. The summed E-state index contributed by atoms with van der Waals surface area (Å²) < 4.78 is 16.5. The molecule has 6 atom stereocenters. The normalized spacial score (nSPS) is 31.7. The molecule has 1 aliphatic heterocycles. The summed E-state index contributed by atoms with van der Waals surface area (Å²) in [5, 5.41) is 16.7. The zero-order chi connectivity index (χ0) is 31.6. The van der Waals surface area contributed by atoms with Crippen LogP contribution < -0.4 is 16.4 Å². The lowest BCUT2D eigenvalue weighted by Crippen LogP contribution is -2.38. The van der Waals surface area contributed by atoms with Gasteiger partial charge in [0.15, 0.2) is 6.10 Å². The third-order valence-electron chi connectivity index (χ3n) is 7.19. The van der Waals surface area contributed by atoms with Crippen LogP contribution in [0.5, 0.6) is 0 Å². The molecule has 11 nitrogen and oxygen atoms in total. The van der Waals surface area contributed by atoms with Crippen LogP contribution >= 0.6 is 11.6 Å². The van der Waals surface area contributed by atoms with Crippen molar-refractivity contribution in [1.29, 1.82) is 0 Å².